The van der Waals surface area contributed by atoms with Crippen LogP contribution >= 0.6 is 27.5 Å². The molecule has 0 unspecified atom stereocenters. The van der Waals surface area contributed by atoms with Gasteiger partial charge in [0.2, 0.25) is 0 Å². The van der Waals surface area contributed by atoms with Crippen LogP contribution in [0.15, 0.2) is 34.8 Å². The predicted octanol–water partition coefficient (Wildman–Crippen LogP) is 6.11. The molecule has 0 aromatic heterocycles. The number of nitrogens with one attached hydrogen (secondary N) is 1. The maximum absolute atomic E-state index is 13.9. The van der Waals surface area contributed by atoms with E-state index in [4.69, 9.17) is 21.1 Å². The molecule has 142 valence electrons. The van der Waals surface area contributed by atoms with Gasteiger partial charge < -0.3 is 14.8 Å². The molecule has 0 amide bonds. The standard InChI is InChI=1S/C20H24BrClFNO2/c1-5-20(2,3)24-11-13-9-15(21)19(18(10-13)25-4)26-12-14-16(22)7-6-8-17(14)23/h6-10,24H,5,11-12H2,1-4H3. The van der Waals surface area contributed by atoms with Crippen LogP contribution in [0.5, 0.6) is 11.5 Å². The Morgan fingerprint density at radius 1 is 1.27 bits per heavy atom. The van der Waals surface area contributed by atoms with Crippen molar-refractivity contribution in [3.8, 4) is 11.5 Å². The minimum Gasteiger partial charge on any atom is -0.493 e. The van der Waals surface area contributed by atoms with Crippen molar-refractivity contribution in [2.75, 3.05) is 7.11 Å². The Bertz CT molecular complexity index is 747. The van der Waals surface area contributed by atoms with Crippen molar-refractivity contribution in [2.24, 2.45) is 0 Å². The van der Waals surface area contributed by atoms with Crippen LogP contribution in [0.1, 0.15) is 38.3 Å². The van der Waals surface area contributed by atoms with Crippen LogP contribution in [0.25, 0.3) is 0 Å². The molecule has 2 aromatic rings. The van der Waals surface area contributed by atoms with Crippen molar-refractivity contribution >= 4 is 27.5 Å². The van der Waals surface area contributed by atoms with Gasteiger partial charge in [-0.25, -0.2) is 4.39 Å². The summed E-state index contributed by atoms with van der Waals surface area (Å²) < 4.78 is 26.0. The largest absolute Gasteiger partial charge is 0.493 e. The lowest BCUT2D eigenvalue weighted by atomic mass is 10.0. The molecule has 2 aromatic carbocycles. The van der Waals surface area contributed by atoms with Gasteiger partial charge in [-0.05, 0) is 66.0 Å². The first kappa shape index (κ1) is 21.0. The third-order valence-electron chi connectivity index (χ3n) is 4.37. The van der Waals surface area contributed by atoms with Gasteiger partial charge in [-0.3, -0.25) is 0 Å². The molecule has 0 radical (unpaired) electrons. The quantitative estimate of drug-likeness (QED) is 0.533. The van der Waals surface area contributed by atoms with Gasteiger partial charge in [0.15, 0.2) is 11.5 Å². The van der Waals surface area contributed by atoms with E-state index in [1.165, 1.54) is 6.07 Å². The molecule has 6 heteroatoms. The van der Waals surface area contributed by atoms with Crippen LogP contribution in [0, 0.1) is 5.82 Å². The maximum atomic E-state index is 13.9. The van der Waals surface area contributed by atoms with Crippen molar-refractivity contribution in [3.05, 3.63) is 56.8 Å². The molecular weight excluding hydrogens is 421 g/mol. The molecule has 0 heterocycles. The Kier molecular flexibility index (Phi) is 7.33. The van der Waals surface area contributed by atoms with E-state index in [0.29, 0.717) is 28.6 Å². The topological polar surface area (TPSA) is 30.5 Å². The highest BCUT2D eigenvalue weighted by Crippen LogP contribution is 2.37. The number of benzene rings is 2. The lowest BCUT2D eigenvalue weighted by molar-refractivity contribution is 0.277. The fraction of sp³-hybridized carbons (Fsp3) is 0.400. The van der Waals surface area contributed by atoms with E-state index < -0.39 is 5.82 Å². The summed E-state index contributed by atoms with van der Waals surface area (Å²) in [6, 6.07) is 8.46. The fourth-order valence-electron chi connectivity index (χ4n) is 2.30. The molecule has 1 N–H and O–H groups in total. The lowest BCUT2D eigenvalue weighted by Gasteiger charge is -2.25. The third-order valence-corrected chi connectivity index (χ3v) is 5.31. The van der Waals surface area contributed by atoms with Crippen LogP contribution in [0.2, 0.25) is 5.02 Å². The summed E-state index contributed by atoms with van der Waals surface area (Å²) in [5.74, 6) is 0.707. The molecular formula is C20H24BrClFNO2. The van der Waals surface area contributed by atoms with E-state index >= 15 is 0 Å². The highest BCUT2D eigenvalue weighted by molar-refractivity contribution is 9.10. The molecule has 0 aliphatic rings. The maximum Gasteiger partial charge on any atom is 0.175 e. The molecule has 0 fully saturated rings. The van der Waals surface area contributed by atoms with Gasteiger partial charge in [0.25, 0.3) is 0 Å². The number of methoxy groups -OCH3 is 1. The van der Waals surface area contributed by atoms with E-state index in [1.54, 1.807) is 19.2 Å². The van der Waals surface area contributed by atoms with Crippen LogP contribution in [-0.2, 0) is 13.2 Å². The first-order valence-electron chi connectivity index (χ1n) is 8.44. The van der Waals surface area contributed by atoms with Gasteiger partial charge in [0.1, 0.15) is 12.4 Å². The van der Waals surface area contributed by atoms with E-state index in [-0.39, 0.29) is 12.1 Å². The molecule has 0 saturated heterocycles. The minimum atomic E-state index is -0.393. The summed E-state index contributed by atoms with van der Waals surface area (Å²) in [6.07, 6.45) is 1.02. The molecule has 3 nitrogen and oxygen atoms in total. The summed E-state index contributed by atoms with van der Waals surface area (Å²) in [7, 11) is 1.58. The summed E-state index contributed by atoms with van der Waals surface area (Å²) >= 11 is 9.59. The van der Waals surface area contributed by atoms with Crippen molar-refractivity contribution in [3.63, 3.8) is 0 Å². The summed E-state index contributed by atoms with van der Waals surface area (Å²) in [5.41, 5.74) is 1.43. The second kappa shape index (κ2) is 9.07. The van der Waals surface area contributed by atoms with Gasteiger partial charge in [0, 0.05) is 17.6 Å². The Balaban J connectivity index is 2.19. The Morgan fingerprint density at radius 2 is 2.00 bits per heavy atom. The number of hydrogen-bond donors (Lipinski definition) is 1. The highest BCUT2D eigenvalue weighted by atomic mass is 79.9. The van der Waals surface area contributed by atoms with Gasteiger partial charge in [-0.2, -0.15) is 0 Å². The van der Waals surface area contributed by atoms with Crippen molar-refractivity contribution in [1.29, 1.82) is 0 Å². The third kappa shape index (κ3) is 5.35. The van der Waals surface area contributed by atoms with E-state index in [0.717, 1.165) is 16.5 Å². The molecule has 0 bridgehead atoms. The van der Waals surface area contributed by atoms with Crippen LogP contribution in [0.4, 0.5) is 4.39 Å². The Labute approximate surface area is 168 Å². The second-order valence-electron chi connectivity index (χ2n) is 6.69. The highest BCUT2D eigenvalue weighted by Gasteiger charge is 2.17. The van der Waals surface area contributed by atoms with E-state index in [2.05, 4.69) is 42.0 Å². The predicted molar refractivity (Wildman–Crippen MR) is 108 cm³/mol. The van der Waals surface area contributed by atoms with Gasteiger partial charge in [-0.15, -0.1) is 0 Å². The van der Waals surface area contributed by atoms with E-state index in [1.807, 2.05) is 12.1 Å². The fourth-order valence-corrected chi connectivity index (χ4v) is 3.12. The average Bonchev–Trinajstić information content (AvgIpc) is 2.60. The van der Waals surface area contributed by atoms with Gasteiger partial charge >= 0.3 is 0 Å². The number of ether oxygens (including phenoxy) is 2. The first-order chi connectivity index (χ1) is 12.3. The molecule has 0 spiro atoms. The lowest BCUT2D eigenvalue weighted by Crippen LogP contribution is -2.37. The molecule has 0 saturated carbocycles. The average molecular weight is 445 g/mol. The Morgan fingerprint density at radius 3 is 2.62 bits per heavy atom. The van der Waals surface area contributed by atoms with Crippen LogP contribution in [0.3, 0.4) is 0 Å². The zero-order valence-corrected chi connectivity index (χ0v) is 17.8. The number of halogens is 3. The normalized spacial score (nSPS) is 11.5. The molecule has 0 atom stereocenters. The minimum absolute atomic E-state index is 0.0148. The van der Waals surface area contributed by atoms with Crippen molar-refractivity contribution in [1.82, 2.24) is 5.32 Å². The summed E-state index contributed by atoms with van der Waals surface area (Å²) in [6.45, 7) is 7.19. The monoisotopic (exact) mass is 443 g/mol. The number of hydrogen-bond acceptors (Lipinski definition) is 3. The van der Waals surface area contributed by atoms with Gasteiger partial charge in [-0.1, -0.05) is 24.6 Å². The second-order valence-corrected chi connectivity index (χ2v) is 7.95. The van der Waals surface area contributed by atoms with Gasteiger partial charge in [0.05, 0.1) is 16.6 Å². The van der Waals surface area contributed by atoms with Crippen LogP contribution < -0.4 is 14.8 Å². The van der Waals surface area contributed by atoms with E-state index in [9.17, 15) is 4.39 Å². The first-order valence-corrected chi connectivity index (χ1v) is 9.61. The van der Waals surface area contributed by atoms with Crippen molar-refractivity contribution < 1.29 is 13.9 Å². The molecule has 0 aliphatic heterocycles. The molecule has 0 aliphatic carbocycles. The summed E-state index contributed by atoms with van der Waals surface area (Å²) in [5, 5.41) is 3.85. The Hall–Kier alpha value is -1.30. The molecule has 2 rings (SSSR count). The SMILES string of the molecule is CCC(C)(C)NCc1cc(Br)c(OCc2c(F)cccc2Cl)c(OC)c1. The zero-order chi connectivity index (χ0) is 19.3. The zero-order valence-electron chi connectivity index (χ0n) is 15.5. The van der Waals surface area contributed by atoms with Crippen LogP contribution in [-0.4, -0.2) is 12.6 Å². The molecule has 26 heavy (non-hydrogen) atoms. The number of rotatable bonds is 8. The summed E-state index contributed by atoms with van der Waals surface area (Å²) in [4.78, 5) is 0. The van der Waals surface area contributed by atoms with Crippen molar-refractivity contribution in [2.45, 2.75) is 45.9 Å². The smallest absolute Gasteiger partial charge is 0.175 e.